The van der Waals surface area contributed by atoms with E-state index in [1.165, 1.54) is 5.57 Å². The molecule has 1 N–H and O–H groups in total. The summed E-state index contributed by atoms with van der Waals surface area (Å²) in [6.45, 7) is 6.59. The fourth-order valence-electron chi connectivity index (χ4n) is 1.89. The van der Waals surface area contributed by atoms with Gasteiger partial charge in [-0.1, -0.05) is 32.4 Å². The van der Waals surface area contributed by atoms with E-state index in [9.17, 15) is 5.11 Å². The number of hydrogen-bond acceptors (Lipinski definition) is 1. The van der Waals surface area contributed by atoms with Crippen molar-refractivity contribution in [3.05, 3.63) is 11.6 Å². The molecule has 1 aliphatic carbocycles. The van der Waals surface area contributed by atoms with Gasteiger partial charge in [0, 0.05) is 0 Å². The highest BCUT2D eigenvalue weighted by atomic mass is 16.3. The fraction of sp³-hybridized carbons (Fsp3) is 0.800. The molecule has 0 aliphatic heterocycles. The van der Waals surface area contributed by atoms with E-state index in [0.29, 0.717) is 5.41 Å². The summed E-state index contributed by atoms with van der Waals surface area (Å²) >= 11 is 0. The van der Waals surface area contributed by atoms with Gasteiger partial charge in [-0.25, -0.2) is 0 Å². The van der Waals surface area contributed by atoms with Crippen LogP contribution >= 0.6 is 0 Å². The Kier molecular flexibility index (Phi) is 2.38. The third kappa shape index (κ3) is 2.33. The topological polar surface area (TPSA) is 20.2 Å². The molecule has 0 spiro atoms. The Bertz CT molecular complexity index is 168. The molecular weight excluding hydrogens is 136 g/mol. The Hall–Kier alpha value is -0.300. The summed E-state index contributed by atoms with van der Waals surface area (Å²) in [6, 6.07) is 0. The van der Waals surface area contributed by atoms with Gasteiger partial charge in [-0.05, 0) is 24.7 Å². The second-order valence-corrected chi connectivity index (χ2v) is 4.29. The minimum absolute atomic E-state index is 0.200. The van der Waals surface area contributed by atoms with Crippen LogP contribution in [0.1, 0.15) is 40.0 Å². The van der Waals surface area contributed by atoms with Crippen LogP contribution in [0.2, 0.25) is 0 Å². The normalized spacial score (nSPS) is 29.8. The predicted molar refractivity (Wildman–Crippen MR) is 47.4 cm³/mol. The predicted octanol–water partition coefficient (Wildman–Crippen LogP) is 2.50. The van der Waals surface area contributed by atoms with E-state index in [1.807, 2.05) is 6.08 Å². The second-order valence-electron chi connectivity index (χ2n) is 4.29. The molecule has 1 heteroatoms. The zero-order chi connectivity index (χ0) is 8.48. The largest absolute Gasteiger partial charge is 0.389 e. The molecule has 0 amide bonds. The van der Waals surface area contributed by atoms with Gasteiger partial charge >= 0.3 is 0 Å². The number of rotatable bonds is 1. The van der Waals surface area contributed by atoms with E-state index < -0.39 is 0 Å². The molecule has 1 aliphatic rings. The smallest absolute Gasteiger partial charge is 0.0728 e. The lowest BCUT2D eigenvalue weighted by molar-refractivity contribution is 0.138. The van der Waals surface area contributed by atoms with Crippen LogP contribution in [0.15, 0.2) is 11.6 Å². The molecule has 0 aromatic rings. The standard InChI is InChI=1S/C10H18O/c1-4-8-5-9(11)7-10(2,3)6-8/h5,9,11H,4,6-7H2,1-3H3. The van der Waals surface area contributed by atoms with Gasteiger partial charge in [0.15, 0.2) is 0 Å². The molecule has 11 heavy (non-hydrogen) atoms. The van der Waals surface area contributed by atoms with Gasteiger partial charge in [0.1, 0.15) is 0 Å². The lowest BCUT2D eigenvalue weighted by atomic mass is 9.76. The Morgan fingerprint density at radius 1 is 1.64 bits per heavy atom. The molecule has 0 heterocycles. The van der Waals surface area contributed by atoms with E-state index in [2.05, 4.69) is 20.8 Å². The third-order valence-electron chi connectivity index (χ3n) is 2.35. The van der Waals surface area contributed by atoms with Crippen molar-refractivity contribution in [3.8, 4) is 0 Å². The average molecular weight is 154 g/mol. The maximum atomic E-state index is 9.47. The Morgan fingerprint density at radius 3 is 2.73 bits per heavy atom. The van der Waals surface area contributed by atoms with Crippen molar-refractivity contribution >= 4 is 0 Å². The molecule has 0 aromatic carbocycles. The lowest BCUT2D eigenvalue weighted by Crippen LogP contribution is -2.24. The van der Waals surface area contributed by atoms with Crippen LogP contribution in [-0.4, -0.2) is 11.2 Å². The van der Waals surface area contributed by atoms with Crippen LogP contribution in [0.3, 0.4) is 0 Å². The summed E-state index contributed by atoms with van der Waals surface area (Å²) in [6.07, 6.45) is 4.97. The fourth-order valence-corrected chi connectivity index (χ4v) is 1.89. The van der Waals surface area contributed by atoms with Gasteiger partial charge in [0.25, 0.3) is 0 Å². The zero-order valence-electron chi connectivity index (χ0n) is 7.72. The highest BCUT2D eigenvalue weighted by Crippen LogP contribution is 2.36. The molecule has 0 aromatic heterocycles. The first-order chi connectivity index (χ1) is 5.03. The molecule has 1 nitrogen and oxygen atoms in total. The number of aliphatic hydroxyl groups is 1. The molecule has 0 bridgehead atoms. The van der Waals surface area contributed by atoms with Crippen molar-refractivity contribution in [2.24, 2.45) is 5.41 Å². The first kappa shape index (κ1) is 8.79. The number of hydrogen-bond donors (Lipinski definition) is 1. The van der Waals surface area contributed by atoms with Crippen molar-refractivity contribution in [1.29, 1.82) is 0 Å². The van der Waals surface area contributed by atoms with E-state index >= 15 is 0 Å². The van der Waals surface area contributed by atoms with Crippen LogP contribution in [0.5, 0.6) is 0 Å². The molecule has 0 radical (unpaired) electrons. The van der Waals surface area contributed by atoms with Crippen LogP contribution in [0.25, 0.3) is 0 Å². The summed E-state index contributed by atoms with van der Waals surface area (Å²) in [7, 11) is 0. The first-order valence-corrected chi connectivity index (χ1v) is 4.41. The summed E-state index contributed by atoms with van der Waals surface area (Å²) in [4.78, 5) is 0. The highest BCUT2D eigenvalue weighted by molar-refractivity contribution is 5.12. The van der Waals surface area contributed by atoms with E-state index in [0.717, 1.165) is 19.3 Å². The van der Waals surface area contributed by atoms with Crippen LogP contribution in [0, 0.1) is 5.41 Å². The van der Waals surface area contributed by atoms with Crippen molar-refractivity contribution in [2.75, 3.05) is 0 Å². The molecule has 64 valence electrons. The monoisotopic (exact) mass is 154 g/mol. The summed E-state index contributed by atoms with van der Waals surface area (Å²) in [5, 5.41) is 9.47. The van der Waals surface area contributed by atoms with E-state index in [-0.39, 0.29) is 6.10 Å². The van der Waals surface area contributed by atoms with Crippen molar-refractivity contribution in [2.45, 2.75) is 46.1 Å². The summed E-state index contributed by atoms with van der Waals surface area (Å²) in [5.74, 6) is 0. The average Bonchev–Trinajstić information content (AvgIpc) is 1.83. The maximum absolute atomic E-state index is 9.47. The molecule has 1 unspecified atom stereocenters. The summed E-state index contributed by atoms with van der Waals surface area (Å²) in [5.41, 5.74) is 1.72. The maximum Gasteiger partial charge on any atom is 0.0728 e. The number of allylic oxidation sites excluding steroid dienone is 1. The van der Waals surface area contributed by atoms with Crippen molar-refractivity contribution < 1.29 is 5.11 Å². The van der Waals surface area contributed by atoms with Crippen LogP contribution < -0.4 is 0 Å². The van der Waals surface area contributed by atoms with Crippen LogP contribution in [0.4, 0.5) is 0 Å². The van der Waals surface area contributed by atoms with Gasteiger partial charge in [0.2, 0.25) is 0 Å². The van der Waals surface area contributed by atoms with Crippen molar-refractivity contribution in [3.63, 3.8) is 0 Å². The zero-order valence-corrected chi connectivity index (χ0v) is 7.72. The first-order valence-electron chi connectivity index (χ1n) is 4.41. The van der Waals surface area contributed by atoms with Crippen LogP contribution in [-0.2, 0) is 0 Å². The quantitative estimate of drug-likeness (QED) is 0.575. The minimum atomic E-state index is -0.200. The molecule has 0 saturated carbocycles. The van der Waals surface area contributed by atoms with Gasteiger partial charge in [0.05, 0.1) is 6.10 Å². The Morgan fingerprint density at radius 2 is 2.27 bits per heavy atom. The summed E-state index contributed by atoms with van der Waals surface area (Å²) < 4.78 is 0. The molecule has 0 saturated heterocycles. The molecule has 1 rings (SSSR count). The number of aliphatic hydroxyl groups excluding tert-OH is 1. The Labute approximate surface area is 69.1 Å². The molecular formula is C10H18O. The molecule has 0 fully saturated rings. The highest BCUT2D eigenvalue weighted by Gasteiger charge is 2.26. The van der Waals surface area contributed by atoms with E-state index in [4.69, 9.17) is 0 Å². The Balaban J connectivity index is 2.70. The van der Waals surface area contributed by atoms with Gasteiger partial charge < -0.3 is 5.11 Å². The minimum Gasteiger partial charge on any atom is -0.389 e. The van der Waals surface area contributed by atoms with Gasteiger partial charge in [-0.15, -0.1) is 0 Å². The van der Waals surface area contributed by atoms with Crippen molar-refractivity contribution in [1.82, 2.24) is 0 Å². The SMILES string of the molecule is CCC1=CC(O)CC(C)(C)C1. The van der Waals surface area contributed by atoms with E-state index in [1.54, 1.807) is 0 Å². The second kappa shape index (κ2) is 2.98. The lowest BCUT2D eigenvalue weighted by Gasteiger charge is -2.32. The molecule has 1 atom stereocenters. The third-order valence-corrected chi connectivity index (χ3v) is 2.35. The van der Waals surface area contributed by atoms with Gasteiger partial charge in [-0.2, -0.15) is 0 Å². The van der Waals surface area contributed by atoms with Gasteiger partial charge in [-0.3, -0.25) is 0 Å².